The SMILES string of the molecule is CC[S+](CC)Cc1ccccc1. The fourth-order valence-corrected chi connectivity index (χ4v) is 2.70. The van der Waals surface area contributed by atoms with E-state index in [2.05, 4.69) is 44.2 Å². The third kappa shape index (κ3) is 2.90. The fourth-order valence-electron chi connectivity index (χ4n) is 1.22. The monoisotopic (exact) mass is 181 g/mol. The van der Waals surface area contributed by atoms with Crippen molar-refractivity contribution in [1.29, 1.82) is 0 Å². The van der Waals surface area contributed by atoms with Gasteiger partial charge < -0.3 is 0 Å². The molecule has 0 bridgehead atoms. The first kappa shape index (κ1) is 9.66. The zero-order valence-corrected chi connectivity index (χ0v) is 8.73. The minimum Gasteiger partial charge on any atom is -0.0622 e. The molecule has 0 amide bonds. The van der Waals surface area contributed by atoms with Gasteiger partial charge >= 0.3 is 0 Å². The molecule has 0 heterocycles. The predicted octanol–water partition coefficient (Wildman–Crippen LogP) is 2.84. The van der Waals surface area contributed by atoms with Gasteiger partial charge in [-0.25, -0.2) is 0 Å². The second kappa shape index (κ2) is 5.26. The van der Waals surface area contributed by atoms with Crippen LogP contribution in [0.15, 0.2) is 30.3 Å². The summed E-state index contributed by atoms with van der Waals surface area (Å²) in [5, 5.41) is 0. The van der Waals surface area contributed by atoms with Gasteiger partial charge in [-0.2, -0.15) is 0 Å². The Hall–Kier alpha value is -0.430. The van der Waals surface area contributed by atoms with Crippen molar-refractivity contribution in [2.45, 2.75) is 19.6 Å². The third-order valence-electron chi connectivity index (χ3n) is 2.03. The average Bonchev–Trinajstić information content (AvgIpc) is 2.16. The van der Waals surface area contributed by atoms with Crippen molar-refractivity contribution in [2.75, 3.05) is 11.5 Å². The van der Waals surface area contributed by atoms with Crippen LogP contribution in [0, 0.1) is 0 Å². The van der Waals surface area contributed by atoms with Crippen LogP contribution in [0.2, 0.25) is 0 Å². The summed E-state index contributed by atoms with van der Waals surface area (Å²) >= 11 is 0. The molecule has 0 unspecified atom stereocenters. The van der Waals surface area contributed by atoms with Gasteiger partial charge in [0.15, 0.2) is 0 Å². The second-order valence-electron chi connectivity index (χ2n) is 2.82. The molecule has 0 spiro atoms. The molecule has 0 aliphatic carbocycles. The lowest BCUT2D eigenvalue weighted by Gasteiger charge is -2.03. The summed E-state index contributed by atoms with van der Waals surface area (Å²) in [6, 6.07) is 10.8. The van der Waals surface area contributed by atoms with Gasteiger partial charge in [-0.1, -0.05) is 30.3 Å². The van der Waals surface area contributed by atoms with Crippen molar-refractivity contribution in [3.8, 4) is 0 Å². The van der Waals surface area contributed by atoms with Crippen molar-refractivity contribution in [1.82, 2.24) is 0 Å². The van der Waals surface area contributed by atoms with Gasteiger partial charge in [0.05, 0.1) is 0 Å². The summed E-state index contributed by atoms with van der Waals surface area (Å²) in [4.78, 5) is 0. The predicted molar refractivity (Wildman–Crippen MR) is 58.6 cm³/mol. The Balaban J connectivity index is 2.51. The maximum Gasteiger partial charge on any atom is 0.133 e. The summed E-state index contributed by atoms with van der Waals surface area (Å²) in [7, 11) is 0.611. The van der Waals surface area contributed by atoms with Gasteiger partial charge in [0, 0.05) is 5.56 Å². The number of rotatable bonds is 4. The summed E-state index contributed by atoms with van der Waals surface area (Å²) in [6.45, 7) is 4.57. The van der Waals surface area contributed by atoms with Crippen molar-refractivity contribution in [2.24, 2.45) is 0 Å². The molecule has 1 aromatic rings. The van der Waals surface area contributed by atoms with Crippen LogP contribution in [0.5, 0.6) is 0 Å². The van der Waals surface area contributed by atoms with E-state index in [1.807, 2.05) is 0 Å². The number of benzene rings is 1. The normalized spacial score (nSPS) is 10.6. The number of hydrogen-bond acceptors (Lipinski definition) is 0. The Morgan fingerprint density at radius 3 is 2.08 bits per heavy atom. The van der Waals surface area contributed by atoms with Gasteiger partial charge in [-0.15, -0.1) is 0 Å². The van der Waals surface area contributed by atoms with E-state index in [1.54, 1.807) is 0 Å². The Bertz CT molecular complexity index is 202. The molecular weight excluding hydrogens is 164 g/mol. The van der Waals surface area contributed by atoms with E-state index < -0.39 is 0 Å². The summed E-state index contributed by atoms with van der Waals surface area (Å²) < 4.78 is 0. The van der Waals surface area contributed by atoms with E-state index in [-0.39, 0.29) is 0 Å². The lowest BCUT2D eigenvalue weighted by molar-refractivity contribution is 1.33. The van der Waals surface area contributed by atoms with Crippen LogP contribution in [-0.2, 0) is 16.6 Å². The highest BCUT2D eigenvalue weighted by Gasteiger charge is 2.11. The molecule has 1 aromatic carbocycles. The Morgan fingerprint density at radius 1 is 1.00 bits per heavy atom. The summed E-state index contributed by atoms with van der Waals surface area (Å²) in [6.07, 6.45) is 0. The van der Waals surface area contributed by atoms with E-state index in [4.69, 9.17) is 0 Å². The molecule has 1 rings (SSSR count). The van der Waals surface area contributed by atoms with Gasteiger partial charge in [0.25, 0.3) is 0 Å². The van der Waals surface area contributed by atoms with Crippen LogP contribution in [0.3, 0.4) is 0 Å². The molecule has 66 valence electrons. The van der Waals surface area contributed by atoms with Crippen molar-refractivity contribution < 1.29 is 0 Å². The molecule has 0 aromatic heterocycles. The van der Waals surface area contributed by atoms with E-state index in [0.29, 0.717) is 10.9 Å². The largest absolute Gasteiger partial charge is 0.133 e. The van der Waals surface area contributed by atoms with E-state index in [9.17, 15) is 0 Å². The van der Waals surface area contributed by atoms with Gasteiger partial charge in [-0.05, 0) is 24.7 Å². The Labute approximate surface area is 78.3 Å². The van der Waals surface area contributed by atoms with Gasteiger partial charge in [0.2, 0.25) is 0 Å². The van der Waals surface area contributed by atoms with Crippen LogP contribution in [0.4, 0.5) is 0 Å². The molecule has 0 fully saturated rings. The standard InChI is InChI=1S/C11H17S/c1-3-12(4-2)10-11-8-6-5-7-9-11/h5-9H,3-4,10H2,1-2H3/q+1. The zero-order valence-electron chi connectivity index (χ0n) is 7.92. The van der Waals surface area contributed by atoms with Crippen molar-refractivity contribution >= 4 is 10.9 Å². The van der Waals surface area contributed by atoms with Crippen molar-refractivity contribution in [3.63, 3.8) is 0 Å². The molecule has 0 aliphatic heterocycles. The maximum atomic E-state index is 2.29. The highest BCUT2D eigenvalue weighted by Crippen LogP contribution is 2.08. The van der Waals surface area contributed by atoms with Crippen LogP contribution in [0.25, 0.3) is 0 Å². The molecule has 0 saturated heterocycles. The average molecular weight is 181 g/mol. The quantitative estimate of drug-likeness (QED) is 0.627. The smallest absolute Gasteiger partial charge is 0.0622 e. The minimum absolute atomic E-state index is 0.611. The summed E-state index contributed by atoms with van der Waals surface area (Å²) in [5.74, 6) is 3.92. The molecule has 0 nitrogen and oxygen atoms in total. The van der Waals surface area contributed by atoms with Gasteiger partial charge in [0.1, 0.15) is 17.3 Å². The van der Waals surface area contributed by atoms with E-state index >= 15 is 0 Å². The molecule has 0 radical (unpaired) electrons. The topological polar surface area (TPSA) is 0 Å². The molecule has 0 N–H and O–H groups in total. The Kier molecular flexibility index (Phi) is 4.23. The molecule has 0 saturated carbocycles. The second-order valence-corrected chi connectivity index (χ2v) is 5.49. The van der Waals surface area contributed by atoms with Crippen LogP contribution in [-0.4, -0.2) is 11.5 Å². The van der Waals surface area contributed by atoms with E-state index in [1.165, 1.54) is 22.8 Å². The molecular formula is C11H17S+. The molecule has 1 heteroatoms. The molecule has 0 atom stereocenters. The molecule has 12 heavy (non-hydrogen) atoms. The number of hydrogen-bond donors (Lipinski definition) is 0. The zero-order chi connectivity index (χ0) is 8.81. The third-order valence-corrected chi connectivity index (χ3v) is 4.40. The van der Waals surface area contributed by atoms with Crippen LogP contribution in [0.1, 0.15) is 19.4 Å². The lowest BCUT2D eigenvalue weighted by atomic mass is 10.2. The van der Waals surface area contributed by atoms with Crippen LogP contribution < -0.4 is 0 Å². The van der Waals surface area contributed by atoms with Crippen LogP contribution >= 0.6 is 0 Å². The van der Waals surface area contributed by atoms with E-state index in [0.717, 1.165) is 0 Å². The fraction of sp³-hybridized carbons (Fsp3) is 0.455. The first-order valence-corrected chi connectivity index (χ1v) is 6.28. The summed E-state index contributed by atoms with van der Waals surface area (Å²) in [5.41, 5.74) is 1.49. The van der Waals surface area contributed by atoms with Gasteiger partial charge in [-0.3, -0.25) is 0 Å². The maximum absolute atomic E-state index is 2.29. The highest BCUT2D eigenvalue weighted by atomic mass is 32.2. The lowest BCUT2D eigenvalue weighted by Crippen LogP contribution is -2.10. The minimum atomic E-state index is 0.611. The van der Waals surface area contributed by atoms with Crippen molar-refractivity contribution in [3.05, 3.63) is 35.9 Å². The highest BCUT2D eigenvalue weighted by molar-refractivity contribution is 7.96. The Morgan fingerprint density at radius 2 is 1.58 bits per heavy atom. The first-order chi connectivity index (χ1) is 5.86. The first-order valence-electron chi connectivity index (χ1n) is 4.54. The molecule has 0 aliphatic rings.